The molecule has 0 saturated carbocycles. The molecule has 0 bridgehead atoms. The van der Waals surface area contributed by atoms with Crippen molar-refractivity contribution in [3.05, 3.63) is 59.7 Å². The van der Waals surface area contributed by atoms with E-state index in [1.54, 1.807) is 42.5 Å². The number of thiocarbonyl (C=S) groups is 1. The van der Waals surface area contributed by atoms with Crippen molar-refractivity contribution in [3.8, 4) is 0 Å². The van der Waals surface area contributed by atoms with Crippen LogP contribution in [0.3, 0.4) is 0 Å². The number of anilines is 2. The lowest BCUT2D eigenvalue weighted by atomic mass is 10.1. The summed E-state index contributed by atoms with van der Waals surface area (Å²) in [5.74, 6) is -1.06. The van der Waals surface area contributed by atoms with E-state index in [4.69, 9.17) is 12.2 Å². The summed E-state index contributed by atoms with van der Waals surface area (Å²) in [5, 5.41) is 8.33. The van der Waals surface area contributed by atoms with Crippen LogP contribution in [0.2, 0.25) is 0 Å². The maximum absolute atomic E-state index is 12.3. The van der Waals surface area contributed by atoms with E-state index in [1.807, 2.05) is 6.92 Å². The third-order valence-corrected chi connectivity index (χ3v) is 3.86. The van der Waals surface area contributed by atoms with Gasteiger partial charge in [0, 0.05) is 23.4 Å². The van der Waals surface area contributed by atoms with Gasteiger partial charge in [-0.1, -0.05) is 19.1 Å². The van der Waals surface area contributed by atoms with Gasteiger partial charge in [0.15, 0.2) is 5.11 Å². The van der Waals surface area contributed by atoms with Gasteiger partial charge in [0.05, 0.1) is 12.7 Å². The zero-order valence-corrected chi connectivity index (χ0v) is 16.4. The minimum atomic E-state index is -0.530. The quantitative estimate of drug-likeness (QED) is 0.509. The Morgan fingerprint density at radius 1 is 0.964 bits per heavy atom. The van der Waals surface area contributed by atoms with Gasteiger partial charge >= 0.3 is 5.97 Å². The zero-order chi connectivity index (χ0) is 20.5. The van der Waals surface area contributed by atoms with Gasteiger partial charge in [0.25, 0.3) is 5.91 Å². The van der Waals surface area contributed by atoms with E-state index < -0.39 is 11.9 Å². The smallest absolute Gasteiger partial charge is 0.337 e. The molecule has 7 nitrogen and oxygen atoms in total. The summed E-state index contributed by atoms with van der Waals surface area (Å²) in [7, 11) is 1.27. The number of methoxy groups -OCH3 is 1. The van der Waals surface area contributed by atoms with Gasteiger partial charge < -0.3 is 15.4 Å². The highest BCUT2D eigenvalue weighted by atomic mass is 32.1. The number of rotatable bonds is 6. The molecule has 0 spiro atoms. The number of nitrogens with one attached hydrogen (secondary N) is 3. The van der Waals surface area contributed by atoms with Crippen LogP contribution in [0.15, 0.2) is 48.5 Å². The Hall–Kier alpha value is -3.26. The first kappa shape index (κ1) is 21.0. The molecule has 0 aromatic heterocycles. The fourth-order valence-electron chi connectivity index (χ4n) is 2.37. The minimum absolute atomic E-state index is 0.0685. The van der Waals surface area contributed by atoms with Crippen molar-refractivity contribution in [1.82, 2.24) is 5.32 Å². The summed E-state index contributed by atoms with van der Waals surface area (Å²) < 4.78 is 4.65. The van der Waals surface area contributed by atoms with Crippen LogP contribution in [0.4, 0.5) is 11.4 Å². The molecule has 0 radical (unpaired) electrons. The first-order valence-electron chi connectivity index (χ1n) is 8.63. The number of amides is 2. The second kappa shape index (κ2) is 10.2. The Labute approximate surface area is 168 Å². The molecule has 2 aromatic carbocycles. The molecule has 2 aromatic rings. The van der Waals surface area contributed by atoms with Crippen molar-refractivity contribution in [3.63, 3.8) is 0 Å². The molecule has 0 saturated heterocycles. The molecule has 8 heteroatoms. The van der Waals surface area contributed by atoms with Gasteiger partial charge in [0.1, 0.15) is 0 Å². The van der Waals surface area contributed by atoms with Gasteiger partial charge in [-0.2, -0.15) is 0 Å². The zero-order valence-electron chi connectivity index (χ0n) is 15.6. The van der Waals surface area contributed by atoms with E-state index in [2.05, 4.69) is 20.7 Å². The van der Waals surface area contributed by atoms with Crippen molar-refractivity contribution >= 4 is 46.5 Å². The van der Waals surface area contributed by atoms with Crippen LogP contribution >= 0.6 is 12.2 Å². The van der Waals surface area contributed by atoms with E-state index in [-0.39, 0.29) is 22.1 Å². The Morgan fingerprint density at radius 3 is 2.29 bits per heavy atom. The number of esters is 1. The fraction of sp³-hybridized carbons (Fsp3) is 0.200. The Kier molecular flexibility index (Phi) is 7.65. The molecular formula is C20H21N3O4S. The molecule has 0 aliphatic heterocycles. The summed E-state index contributed by atoms with van der Waals surface area (Å²) in [4.78, 5) is 35.6. The molecule has 0 unspecified atom stereocenters. The molecular weight excluding hydrogens is 378 g/mol. The second-order valence-corrected chi connectivity index (χ2v) is 6.27. The van der Waals surface area contributed by atoms with Crippen molar-refractivity contribution in [2.75, 3.05) is 17.7 Å². The van der Waals surface area contributed by atoms with E-state index in [9.17, 15) is 14.4 Å². The number of benzene rings is 2. The monoisotopic (exact) mass is 399 g/mol. The molecule has 2 rings (SSSR count). The maximum atomic E-state index is 12.3. The van der Waals surface area contributed by atoms with Crippen LogP contribution < -0.4 is 16.0 Å². The first-order valence-corrected chi connectivity index (χ1v) is 9.04. The predicted molar refractivity (Wildman–Crippen MR) is 111 cm³/mol. The molecule has 146 valence electrons. The van der Waals surface area contributed by atoms with Gasteiger partial charge in [0.2, 0.25) is 5.91 Å². The van der Waals surface area contributed by atoms with Gasteiger partial charge in [-0.05, 0) is 55.0 Å². The van der Waals surface area contributed by atoms with Crippen molar-refractivity contribution in [2.24, 2.45) is 0 Å². The topological polar surface area (TPSA) is 96.5 Å². The lowest BCUT2D eigenvalue weighted by Gasteiger charge is -2.11. The highest BCUT2D eigenvalue weighted by molar-refractivity contribution is 7.80. The lowest BCUT2D eigenvalue weighted by molar-refractivity contribution is -0.116. The normalized spacial score (nSPS) is 9.93. The van der Waals surface area contributed by atoms with Crippen LogP contribution in [0.25, 0.3) is 0 Å². The largest absolute Gasteiger partial charge is 0.465 e. The molecule has 2 amide bonds. The highest BCUT2D eigenvalue weighted by Crippen LogP contribution is 2.15. The van der Waals surface area contributed by atoms with Crippen LogP contribution in [-0.2, 0) is 9.53 Å². The summed E-state index contributed by atoms with van der Waals surface area (Å²) in [5.41, 5.74) is 1.78. The number of carbonyl (C=O) groups excluding carboxylic acids is 3. The Balaban J connectivity index is 1.99. The molecule has 0 heterocycles. The average Bonchev–Trinajstić information content (AvgIpc) is 2.67. The summed E-state index contributed by atoms with van der Waals surface area (Å²) in [6.45, 7) is 1.93. The number of hydrogen-bond donors (Lipinski definition) is 3. The molecule has 0 aliphatic rings. The average molecular weight is 399 g/mol. The van der Waals surface area contributed by atoms with E-state index >= 15 is 0 Å². The predicted octanol–water partition coefficient (Wildman–Crippen LogP) is 3.34. The Bertz CT molecular complexity index is 899. The lowest BCUT2D eigenvalue weighted by Crippen LogP contribution is -2.34. The van der Waals surface area contributed by atoms with Crippen LogP contribution in [0, 0.1) is 0 Å². The minimum Gasteiger partial charge on any atom is -0.465 e. The molecule has 3 N–H and O–H groups in total. The van der Waals surface area contributed by atoms with Gasteiger partial charge in [-0.15, -0.1) is 0 Å². The SMILES string of the molecule is CCCC(=O)Nc1cccc(NC(=S)NC(=O)c2cccc(C(=O)OC)c2)c1. The van der Waals surface area contributed by atoms with Crippen molar-refractivity contribution < 1.29 is 19.1 Å². The third-order valence-electron chi connectivity index (χ3n) is 3.65. The van der Waals surface area contributed by atoms with Crippen molar-refractivity contribution in [2.45, 2.75) is 19.8 Å². The Morgan fingerprint density at radius 2 is 1.61 bits per heavy atom. The highest BCUT2D eigenvalue weighted by Gasteiger charge is 2.12. The van der Waals surface area contributed by atoms with Crippen molar-refractivity contribution in [1.29, 1.82) is 0 Å². The van der Waals surface area contributed by atoms with Crippen LogP contribution in [0.5, 0.6) is 0 Å². The fourth-order valence-corrected chi connectivity index (χ4v) is 2.58. The van der Waals surface area contributed by atoms with E-state index in [0.29, 0.717) is 17.8 Å². The van der Waals surface area contributed by atoms with Gasteiger partial charge in [-0.3, -0.25) is 14.9 Å². The molecule has 0 aliphatic carbocycles. The first-order chi connectivity index (χ1) is 13.4. The molecule has 0 fully saturated rings. The summed E-state index contributed by atoms with van der Waals surface area (Å²) in [6.07, 6.45) is 1.20. The van der Waals surface area contributed by atoms with Crippen LogP contribution in [-0.4, -0.2) is 30.0 Å². The standard InChI is InChI=1S/C20H21N3O4S/c1-3-6-17(24)21-15-9-5-10-16(12-15)22-20(28)23-18(25)13-7-4-8-14(11-13)19(26)27-2/h4-5,7-12H,3,6H2,1-2H3,(H,21,24)(H2,22,23,25,28). The van der Waals surface area contributed by atoms with E-state index in [1.165, 1.54) is 13.2 Å². The molecule has 0 atom stereocenters. The molecule has 28 heavy (non-hydrogen) atoms. The maximum Gasteiger partial charge on any atom is 0.337 e. The number of carbonyl (C=O) groups is 3. The number of ether oxygens (including phenoxy) is 1. The van der Waals surface area contributed by atoms with Crippen LogP contribution in [0.1, 0.15) is 40.5 Å². The van der Waals surface area contributed by atoms with Gasteiger partial charge in [-0.25, -0.2) is 4.79 Å². The number of hydrogen-bond acceptors (Lipinski definition) is 5. The third kappa shape index (κ3) is 6.17. The summed E-state index contributed by atoms with van der Waals surface area (Å²) >= 11 is 5.17. The van der Waals surface area contributed by atoms with E-state index in [0.717, 1.165) is 6.42 Å². The second-order valence-electron chi connectivity index (χ2n) is 5.86. The summed E-state index contributed by atoms with van der Waals surface area (Å²) in [6, 6.07) is 13.1.